The zero-order valence-corrected chi connectivity index (χ0v) is 11.8. The standard InChI is InChI=1S/C13H22N2OS/c1-10(11-8-14-9-11)12(16)15-5-4-13(2,3)17-7-6-15/h14H,4-9H2,1-3H3. The zero-order chi connectivity index (χ0) is 12.5. The molecule has 0 aliphatic carbocycles. The van der Waals surface area contributed by atoms with E-state index in [2.05, 4.69) is 19.2 Å². The van der Waals surface area contributed by atoms with Gasteiger partial charge in [-0.05, 0) is 18.9 Å². The van der Waals surface area contributed by atoms with Gasteiger partial charge in [0.1, 0.15) is 0 Å². The van der Waals surface area contributed by atoms with E-state index in [0.717, 1.165) is 43.9 Å². The van der Waals surface area contributed by atoms with E-state index in [4.69, 9.17) is 0 Å². The summed E-state index contributed by atoms with van der Waals surface area (Å²) < 4.78 is 0.314. The number of amides is 1. The summed E-state index contributed by atoms with van der Waals surface area (Å²) in [6, 6.07) is 0. The maximum atomic E-state index is 12.3. The average Bonchev–Trinajstić information content (AvgIpc) is 2.35. The summed E-state index contributed by atoms with van der Waals surface area (Å²) in [6.45, 7) is 10.1. The van der Waals surface area contributed by atoms with Gasteiger partial charge in [0.15, 0.2) is 0 Å². The maximum absolute atomic E-state index is 12.3. The molecule has 96 valence electrons. The fourth-order valence-electron chi connectivity index (χ4n) is 2.13. The largest absolute Gasteiger partial charge is 0.338 e. The van der Waals surface area contributed by atoms with Crippen molar-refractivity contribution in [3.05, 3.63) is 11.1 Å². The van der Waals surface area contributed by atoms with Gasteiger partial charge in [-0.25, -0.2) is 0 Å². The van der Waals surface area contributed by atoms with Crippen molar-refractivity contribution in [1.29, 1.82) is 0 Å². The molecule has 0 aromatic rings. The Kier molecular flexibility index (Phi) is 3.83. The molecule has 2 fully saturated rings. The number of thioether (sulfide) groups is 1. The van der Waals surface area contributed by atoms with Crippen molar-refractivity contribution in [2.75, 3.05) is 31.9 Å². The van der Waals surface area contributed by atoms with E-state index < -0.39 is 0 Å². The molecule has 2 aliphatic rings. The van der Waals surface area contributed by atoms with Crippen molar-refractivity contribution < 1.29 is 4.79 Å². The molecule has 0 unspecified atom stereocenters. The lowest BCUT2D eigenvalue weighted by molar-refractivity contribution is -0.127. The minimum absolute atomic E-state index is 0.250. The molecular weight excluding hydrogens is 232 g/mol. The Hall–Kier alpha value is -0.480. The number of carbonyl (C=O) groups excluding carboxylic acids is 1. The fraction of sp³-hybridized carbons (Fsp3) is 0.769. The predicted molar refractivity (Wildman–Crippen MR) is 73.3 cm³/mol. The first-order valence-electron chi connectivity index (χ1n) is 6.32. The Balaban J connectivity index is 2.00. The molecular formula is C13H22N2OS. The second-order valence-corrected chi connectivity index (χ2v) is 7.28. The Bertz CT molecular complexity index is 343. The highest BCUT2D eigenvalue weighted by molar-refractivity contribution is 8.00. The smallest absolute Gasteiger partial charge is 0.249 e. The van der Waals surface area contributed by atoms with Crippen LogP contribution in [0.15, 0.2) is 11.1 Å². The van der Waals surface area contributed by atoms with E-state index in [1.54, 1.807) is 0 Å². The molecule has 0 bridgehead atoms. The summed E-state index contributed by atoms with van der Waals surface area (Å²) in [7, 11) is 0. The zero-order valence-electron chi connectivity index (χ0n) is 11.0. The van der Waals surface area contributed by atoms with E-state index in [1.807, 2.05) is 23.6 Å². The SMILES string of the molecule is CC(C(=O)N1CCSC(C)(C)CC1)=C1CNC1. The molecule has 3 nitrogen and oxygen atoms in total. The molecule has 2 rings (SSSR count). The molecule has 1 N–H and O–H groups in total. The quantitative estimate of drug-likeness (QED) is 0.722. The topological polar surface area (TPSA) is 32.3 Å². The highest BCUT2D eigenvalue weighted by atomic mass is 32.2. The fourth-order valence-corrected chi connectivity index (χ4v) is 3.23. The Morgan fingerprint density at radius 3 is 2.65 bits per heavy atom. The molecule has 0 radical (unpaired) electrons. The molecule has 4 heteroatoms. The normalized spacial score (nSPS) is 23.9. The van der Waals surface area contributed by atoms with Crippen LogP contribution in [-0.2, 0) is 4.79 Å². The van der Waals surface area contributed by atoms with Crippen LogP contribution in [0, 0.1) is 0 Å². The highest BCUT2D eigenvalue weighted by Crippen LogP contribution is 2.31. The van der Waals surface area contributed by atoms with Crippen LogP contribution in [0.2, 0.25) is 0 Å². The first kappa shape index (κ1) is 13.0. The van der Waals surface area contributed by atoms with E-state index in [1.165, 1.54) is 5.57 Å². The number of rotatable bonds is 1. The third-order valence-electron chi connectivity index (χ3n) is 3.65. The summed E-state index contributed by atoms with van der Waals surface area (Å²) in [5.41, 5.74) is 2.25. The summed E-state index contributed by atoms with van der Waals surface area (Å²) in [5, 5.41) is 3.19. The van der Waals surface area contributed by atoms with Crippen LogP contribution in [-0.4, -0.2) is 47.5 Å². The second-order valence-electron chi connectivity index (χ2n) is 5.48. The van der Waals surface area contributed by atoms with E-state index in [9.17, 15) is 4.79 Å². The Morgan fingerprint density at radius 2 is 2.06 bits per heavy atom. The van der Waals surface area contributed by atoms with E-state index in [0.29, 0.717) is 4.75 Å². The number of carbonyl (C=O) groups is 1. The van der Waals surface area contributed by atoms with Crippen molar-refractivity contribution in [1.82, 2.24) is 10.2 Å². The molecule has 0 aromatic heterocycles. The molecule has 2 saturated heterocycles. The minimum Gasteiger partial charge on any atom is -0.338 e. The van der Waals surface area contributed by atoms with Gasteiger partial charge in [0.2, 0.25) is 5.91 Å². The lowest BCUT2D eigenvalue weighted by Crippen LogP contribution is -2.40. The van der Waals surface area contributed by atoms with Crippen LogP contribution in [0.5, 0.6) is 0 Å². The van der Waals surface area contributed by atoms with Crippen LogP contribution >= 0.6 is 11.8 Å². The Labute approximate surface area is 108 Å². The van der Waals surface area contributed by atoms with Crippen LogP contribution in [0.25, 0.3) is 0 Å². The van der Waals surface area contributed by atoms with Gasteiger partial charge in [-0.2, -0.15) is 11.8 Å². The summed E-state index contributed by atoms with van der Waals surface area (Å²) in [5.74, 6) is 1.30. The molecule has 2 heterocycles. The van der Waals surface area contributed by atoms with Gasteiger partial charge in [-0.1, -0.05) is 13.8 Å². The van der Waals surface area contributed by atoms with Gasteiger partial charge in [-0.15, -0.1) is 0 Å². The number of hydrogen-bond acceptors (Lipinski definition) is 3. The van der Waals surface area contributed by atoms with Crippen LogP contribution in [0.1, 0.15) is 27.2 Å². The van der Waals surface area contributed by atoms with Gasteiger partial charge >= 0.3 is 0 Å². The number of nitrogens with zero attached hydrogens (tertiary/aromatic N) is 1. The van der Waals surface area contributed by atoms with Crippen molar-refractivity contribution in [3.8, 4) is 0 Å². The lowest BCUT2D eigenvalue weighted by atomic mass is 10.0. The maximum Gasteiger partial charge on any atom is 0.249 e. The van der Waals surface area contributed by atoms with Crippen LogP contribution in [0.3, 0.4) is 0 Å². The summed E-state index contributed by atoms with van der Waals surface area (Å²) in [6.07, 6.45) is 1.09. The molecule has 1 amide bonds. The van der Waals surface area contributed by atoms with Gasteiger partial charge in [-0.3, -0.25) is 4.79 Å². The van der Waals surface area contributed by atoms with Gasteiger partial charge < -0.3 is 10.2 Å². The molecule has 0 spiro atoms. The Morgan fingerprint density at radius 1 is 1.35 bits per heavy atom. The van der Waals surface area contributed by atoms with Gasteiger partial charge in [0.25, 0.3) is 0 Å². The van der Waals surface area contributed by atoms with Crippen LogP contribution < -0.4 is 5.32 Å². The van der Waals surface area contributed by atoms with Crippen molar-refractivity contribution in [3.63, 3.8) is 0 Å². The molecule has 17 heavy (non-hydrogen) atoms. The van der Waals surface area contributed by atoms with Crippen molar-refractivity contribution >= 4 is 17.7 Å². The predicted octanol–water partition coefficient (Wildman–Crippen LogP) is 1.65. The summed E-state index contributed by atoms with van der Waals surface area (Å²) >= 11 is 1.98. The van der Waals surface area contributed by atoms with Crippen LogP contribution in [0.4, 0.5) is 0 Å². The minimum atomic E-state index is 0.250. The van der Waals surface area contributed by atoms with Crippen molar-refractivity contribution in [2.45, 2.75) is 31.9 Å². The van der Waals surface area contributed by atoms with Crippen molar-refractivity contribution in [2.24, 2.45) is 0 Å². The third-order valence-corrected chi connectivity index (χ3v) is 5.03. The number of nitrogens with one attached hydrogen (secondary N) is 1. The third kappa shape index (κ3) is 3.05. The molecule has 0 atom stereocenters. The first-order valence-corrected chi connectivity index (χ1v) is 7.31. The lowest BCUT2D eigenvalue weighted by Gasteiger charge is -2.26. The summed E-state index contributed by atoms with van der Waals surface area (Å²) in [4.78, 5) is 14.4. The molecule has 0 aromatic carbocycles. The monoisotopic (exact) mass is 254 g/mol. The molecule has 2 aliphatic heterocycles. The highest BCUT2D eigenvalue weighted by Gasteiger charge is 2.27. The van der Waals surface area contributed by atoms with Gasteiger partial charge in [0.05, 0.1) is 0 Å². The van der Waals surface area contributed by atoms with E-state index in [-0.39, 0.29) is 5.91 Å². The number of hydrogen-bond donors (Lipinski definition) is 1. The van der Waals surface area contributed by atoms with E-state index >= 15 is 0 Å². The molecule has 0 saturated carbocycles. The average molecular weight is 254 g/mol. The second kappa shape index (κ2) is 5.02. The first-order chi connectivity index (χ1) is 7.99. The van der Waals surface area contributed by atoms with Gasteiger partial charge in [0, 0.05) is 42.3 Å².